The molecule has 1 atom stereocenters. The zero-order valence-corrected chi connectivity index (χ0v) is 15.6. The number of rotatable bonds is 10. The van der Waals surface area contributed by atoms with Gasteiger partial charge in [0.05, 0.1) is 0 Å². The van der Waals surface area contributed by atoms with E-state index in [0.29, 0.717) is 0 Å². The molecule has 0 saturated carbocycles. The lowest BCUT2D eigenvalue weighted by atomic mass is 9.82. The molecule has 1 N–H and O–H groups in total. The van der Waals surface area contributed by atoms with E-state index in [1.54, 1.807) is 12.2 Å². The third-order valence-corrected chi connectivity index (χ3v) is 9.26. The second kappa shape index (κ2) is 8.11. The molecule has 0 radical (unpaired) electrons. The third-order valence-electron chi connectivity index (χ3n) is 4.73. The lowest BCUT2D eigenvalue weighted by molar-refractivity contribution is 0.0683. The van der Waals surface area contributed by atoms with Crippen LogP contribution < -0.4 is 0 Å². The van der Waals surface area contributed by atoms with Crippen LogP contribution in [0.3, 0.4) is 0 Å². The molecule has 0 aromatic carbocycles. The van der Waals surface area contributed by atoms with E-state index in [0.717, 1.165) is 25.9 Å². The molecule has 0 aliphatic heterocycles. The second-order valence-electron chi connectivity index (χ2n) is 7.27. The Balaban J connectivity index is 4.51. The van der Waals surface area contributed by atoms with Gasteiger partial charge in [-0.1, -0.05) is 52.2 Å². The Morgan fingerprint density at radius 3 is 2.05 bits per heavy atom. The molecule has 0 aromatic heterocycles. The highest BCUT2D eigenvalue weighted by Gasteiger charge is 2.37. The normalized spacial score (nSPS) is 14.6. The first-order valence-electron chi connectivity index (χ1n) is 7.78. The maximum atomic E-state index is 10.5. The van der Waals surface area contributed by atoms with Gasteiger partial charge >= 0.3 is 0 Å². The zero-order chi connectivity index (χ0) is 16.7. The van der Waals surface area contributed by atoms with Gasteiger partial charge in [-0.2, -0.15) is 0 Å². The molecule has 0 bridgehead atoms. The van der Waals surface area contributed by atoms with Crippen LogP contribution in [0.2, 0.25) is 18.1 Å². The molecule has 0 rings (SSSR count). The summed E-state index contributed by atoms with van der Waals surface area (Å²) in [7, 11) is -1.68. The summed E-state index contributed by atoms with van der Waals surface area (Å²) in [5, 5.41) is 10.7. The highest BCUT2D eigenvalue weighted by atomic mass is 28.4. The summed E-state index contributed by atoms with van der Waals surface area (Å²) in [5.74, 6) is 0.0630. The first-order valence-corrected chi connectivity index (χ1v) is 10.7. The van der Waals surface area contributed by atoms with E-state index in [2.05, 4.69) is 53.6 Å². The number of allylic oxidation sites excluding steroid dienone is 1. The molecule has 0 fully saturated rings. The quantitative estimate of drug-likeness (QED) is 0.346. The molecule has 0 aliphatic carbocycles. The van der Waals surface area contributed by atoms with Crippen molar-refractivity contribution in [1.82, 2.24) is 0 Å². The molecule has 21 heavy (non-hydrogen) atoms. The lowest BCUT2D eigenvalue weighted by Crippen LogP contribution is -2.41. The molecule has 1 unspecified atom stereocenters. The van der Waals surface area contributed by atoms with E-state index in [9.17, 15) is 5.11 Å². The van der Waals surface area contributed by atoms with Crippen LogP contribution in [-0.4, -0.2) is 25.6 Å². The van der Waals surface area contributed by atoms with Crippen LogP contribution in [0.25, 0.3) is 0 Å². The maximum Gasteiger partial charge on any atom is 0.191 e. The number of aliphatic hydroxyl groups is 1. The third kappa shape index (κ3) is 5.93. The molecule has 0 saturated heterocycles. The fourth-order valence-electron chi connectivity index (χ4n) is 2.03. The van der Waals surface area contributed by atoms with E-state index in [-0.39, 0.29) is 11.0 Å². The largest absolute Gasteiger partial charge is 0.417 e. The van der Waals surface area contributed by atoms with Crippen molar-refractivity contribution in [3.05, 3.63) is 38.0 Å². The van der Waals surface area contributed by atoms with Crippen LogP contribution in [0, 0.1) is 5.92 Å². The van der Waals surface area contributed by atoms with Crippen LogP contribution in [0.1, 0.15) is 40.0 Å². The Labute approximate surface area is 132 Å². The second-order valence-corrected chi connectivity index (χ2v) is 12.1. The predicted octanol–water partition coefficient (Wildman–Crippen LogP) is 5.08. The SMILES string of the molecule is C=CCC(CCCO[Si](C)(C)C(C)(C)C)C(O)(C=C)C=C. The summed E-state index contributed by atoms with van der Waals surface area (Å²) >= 11 is 0. The molecule has 2 nitrogen and oxygen atoms in total. The fourth-order valence-corrected chi connectivity index (χ4v) is 3.12. The topological polar surface area (TPSA) is 29.5 Å². The van der Waals surface area contributed by atoms with Crippen molar-refractivity contribution in [2.45, 2.75) is 63.8 Å². The summed E-state index contributed by atoms with van der Waals surface area (Å²) in [5.41, 5.74) is -1.02. The van der Waals surface area contributed by atoms with Crippen molar-refractivity contribution in [2.75, 3.05) is 6.61 Å². The van der Waals surface area contributed by atoms with Crippen molar-refractivity contribution in [2.24, 2.45) is 5.92 Å². The van der Waals surface area contributed by atoms with Gasteiger partial charge in [0.1, 0.15) is 5.60 Å². The summed E-state index contributed by atoms with van der Waals surface area (Å²) in [6.45, 7) is 23.2. The molecule has 0 amide bonds. The minimum atomic E-state index is -1.68. The Kier molecular flexibility index (Phi) is 7.86. The number of hydrogen-bond acceptors (Lipinski definition) is 2. The van der Waals surface area contributed by atoms with Crippen molar-refractivity contribution in [3.8, 4) is 0 Å². The van der Waals surface area contributed by atoms with Crippen molar-refractivity contribution in [3.63, 3.8) is 0 Å². The van der Waals surface area contributed by atoms with E-state index in [1.807, 2.05) is 6.08 Å². The van der Waals surface area contributed by atoms with E-state index >= 15 is 0 Å². The molecule has 0 spiro atoms. The van der Waals surface area contributed by atoms with Gasteiger partial charge < -0.3 is 9.53 Å². The van der Waals surface area contributed by atoms with E-state index in [1.165, 1.54) is 0 Å². The van der Waals surface area contributed by atoms with Gasteiger partial charge in [-0.05, 0) is 43.3 Å². The fraction of sp³-hybridized carbons (Fsp3) is 0.667. The van der Waals surface area contributed by atoms with Crippen LogP contribution in [-0.2, 0) is 4.43 Å². The first kappa shape index (κ1) is 20.4. The minimum absolute atomic E-state index is 0.0630. The van der Waals surface area contributed by atoms with Gasteiger partial charge in [0.2, 0.25) is 0 Å². The molecule has 3 heteroatoms. The molecular formula is C18H34O2Si. The standard InChI is InChI=1S/C18H34O2Si/c1-9-13-16(18(19,10-2)11-3)14-12-15-20-21(7,8)17(4,5)6/h9-11,16,19H,1-3,12-15H2,4-8H3. The van der Waals surface area contributed by atoms with Gasteiger partial charge in [-0.15, -0.1) is 6.58 Å². The summed E-state index contributed by atoms with van der Waals surface area (Å²) in [4.78, 5) is 0. The predicted molar refractivity (Wildman–Crippen MR) is 96.0 cm³/mol. The molecule has 0 aliphatic rings. The lowest BCUT2D eigenvalue weighted by Gasteiger charge is -2.36. The van der Waals surface area contributed by atoms with Crippen molar-refractivity contribution in [1.29, 1.82) is 0 Å². The van der Waals surface area contributed by atoms with Gasteiger partial charge in [0.15, 0.2) is 8.32 Å². The average Bonchev–Trinajstić information content (AvgIpc) is 2.40. The molecule has 122 valence electrons. The van der Waals surface area contributed by atoms with Crippen LogP contribution in [0.5, 0.6) is 0 Å². The monoisotopic (exact) mass is 310 g/mol. The maximum absolute atomic E-state index is 10.5. The Morgan fingerprint density at radius 2 is 1.67 bits per heavy atom. The average molecular weight is 311 g/mol. The first-order chi connectivity index (χ1) is 9.54. The van der Waals surface area contributed by atoms with Gasteiger partial charge in [0, 0.05) is 6.61 Å². The van der Waals surface area contributed by atoms with Crippen molar-refractivity contribution >= 4 is 8.32 Å². The van der Waals surface area contributed by atoms with E-state index in [4.69, 9.17) is 4.43 Å². The highest BCUT2D eigenvalue weighted by Crippen LogP contribution is 2.37. The molecule has 0 heterocycles. The van der Waals surface area contributed by atoms with E-state index < -0.39 is 13.9 Å². The molecular weight excluding hydrogens is 276 g/mol. The van der Waals surface area contributed by atoms with Crippen LogP contribution in [0.4, 0.5) is 0 Å². The van der Waals surface area contributed by atoms with Gasteiger partial charge in [0.25, 0.3) is 0 Å². The minimum Gasteiger partial charge on any atom is -0.417 e. The molecule has 0 aromatic rings. The zero-order valence-electron chi connectivity index (χ0n) is 14.6. The Morgan fingerprint density at radius 1 is 1.14 bits per heavy atom. The van der Waals surface area contributed by atoms with Crippen LogP contribution in [0.15, 0.2) is 38.0 Å². The van der Waals surface area contributed by atoms with Gasteiger partial charge in [-0.25, -0.2) is 0 Å². The highest BCUT2D eigenvalue weighted by molar-refractivity contribution is 6.74. The van der Waals surface area contributed by atoms with Gasteiger partial charge in [-0.3, -0.25) is 0 Å². The smallest absolute Gasteiger partial charge is 0.191 e. The summed E-state index contributed by atoms with van der Waals surface area (Å²) in [6.07, 6.45) is 7.53. The summed E-state index contributed by atoms with van der Waals surface area (Å²) < 4.78 is 6.18. The number of hydrogen-bond donors (Lipinski definition) is 1. The van der Waals surface area contributed by atoms with Crippen molar-refractivity contribution < 1.29 is 9.53 Å². The van der Waals surface area contributed by atoms with Crippen LogP contribution >= 0.6 is 0 Å². The Hall–Kier alpha value is -0.643. The Bertz CT molecular complexity index is 345. The summed E-state index contributed by atoms with van der Waals surface area (Å²) in [6, 6.07) is 0.